The molecule has 4 heteroatoms. The van der Waals surface area contributed by atoms with Crippen LogP contribution in [0.1, 0.15) is 28.3 Å². The van der Waals surface area contributed by atoms with Crippen LogP contribution in [-0.4, -0.2) is 5.78 Å². The molecule has 1 fully saturated rings. The normalized spacial score (nSPS) is 20.8. The van der Waals surface area contributed by atoms with Crippen LogP contribution in [0.4, 0.5) is 8.78 Å². The van der Waals surface area contributed by atoms with Crippen molar-refractivity contribution in [3.05, 3.63) is 70.2 Å². The van der Waals surface area contributed by atoms with E-state index >= 15 is 0 Å². The molecule has 20 heavy (non-hydrogen) atoms. The highest BCUT2D eigenvalue weighted by Crippen LogP contribution is 2.49. The summed E-state index contributed by atoms with van der Waals surface area (Å²) >= 11 is 5.83. The minimum absolute atomic E-state index is 0.0346. The van der Waals surface area contributed by atoms with Gasteiger partial charge in [0.05, 0.1) is 5.02 Å². The molecule has 1 aliphatic rings. The molecule has 0 radical (unpaired) electrons. The van der Waals surface area contributed by atoms with E-state index in [-0.39, 0.29) is 28.2 Å². The second-order valence-corrected chi connectivity index (χ2v) is 5.38. The summed E-state index contributed by atoms with van der Waals surface area (Å²) in [6.45, 7) is 0. The van der Waals surface area contributed by atoms with E-state index in [1.807, 2.05) is 30.3 Å². The van der Waals surface area contributed by atoms with Crippen molar-refractivity contribution in [1.82, 2.24) is 0 Å². The molecule has 2 aromatic carbocycles. The molecule has 0 N–H and O–H groups in total. The van der Waals surface area contributed by atoms with E-state index in [1.54, 1.807) is 0 Å². The summed E-state index contributed by atoms with van der Waals surface area (Å²) in [4.78, 5) is 12.3. The van der Waals surface area contributed by atoms with Crippen LogP contribution in [0, 0.1) is 17.6 Å². The maximum absolute atomic E-state index is 13.2. The first-order valence-electron chi connectivity index (χ1n) is 6.31. The summed E-state index contributed by atoms with van der Waals surface area (Å²) in [5.74, 6) is -2.35. The van der Waals surface area contributed by atoms with Crippen LogP contribution in [0.3, 0.4) is 0 Å². The van der Waals surface area contributed by atoms with Crippen LogP contribution in [-0.2, 0) is 0 Å². The zero-order valence-electron chi connectivity index (χ0n) is 10.4. The fourth-order valence-electron chi connectivity index (χ4n) is 2.46. The lowest BCUT2D eigenvalue weighted by molar-refractivity contribution is 0.0965. The molecule has 0 saturated heterocycles. The van der Waals surface area contributed by atoms with Gasteiger partial charge in [-0.15, -0.1) is 0 Å². The van der Waals surface area contributed by atoms with Gasteiger partial charge in [-0.1, -0.05) is 41.9 Å². The van der Waals surface area contributed by atoms with Crippen LogP contribution in [0.2, 0.25) is 5.02 Å². The van der Waals surface area contributed by atoms with Gasteiger partial charge in [0.1, 0.15) is 0 Å². The molecule has 1 saturated carbocycles. The maximum atomic E-state index is 13.2. The SMILES string of the molecule is O=C(c1cc(F)c(F)cc1Cl)C1CC1c1ccccc1. The average Bonchev–Trinajstić information content (AvgIpc) is 3.23. The number of rotatable bonds is 3. The third-order valence-electron chi connectivity index (χ3n) is 3.63. The Kier molecular flexibility index (Phi) is 3.30. The lowest BCUT2D eigenvalue weighted by Crippen LogP contribution is -2.05. The lowest BCUT2D eigenvalue weighted by Gasteiger charge is -2.04. The van der Waals surface area contributed by atoms with Gasteiger partial charge < -0.3 is 0 Å². The molecule has 3 rings (SSSR count). The minimum atomic E-state index is -1.05. The minimum Gasteiger partial charge on any atom is -0.294 e. The predicted octanol–water partition coefficient (Wildman–Crippen LogP) is 4.60. The average molecular weight is 293 g/mol. The van der Waals surface area contributed by atoms with E-state index in [0.29, 0.717) is 0 Å². The van der Waals surface area contributed by atoms with Gasteiger partial charge in [-0.05, 0) is 30.0 Å². The molecule has 0 bridgehead atoms. The van der Waals surface area contributed by atoms with E-state index in [1.165, 1.54) is 0 Å². The molecular weight excluding hydrogens is 282 g/mol. The van der Waals surface area contributed by atoms with Crippen LogP contribution in [0.5, 0.6) is 0 Å². The highest BCUT2D eigenvalue weighted by atomic mass is 35.5. The van der Waals surface area contributed by atoms with Crippen molar-refractivity contribution < 1.29 is 13.6 Å². The topological polar surface area (TPSA) is 17.1 Å². The number of benzene rings is 2. The number of carbonyl (C=O) groups excluding carboxylic acids is 1. The monoisotopic (exact) mass is 292 g/mol. The first-order chi connectivity index (χ1) is 9.58. The Balaban J connectivity index is 1.84. The molecule has 102 valence electrons. The Morgan fingerprint density at radius 3 is 2.45 bits per heavy atom. The summed E-state index contributed by atoms with van der Waals surface area (Å²) in [5, 5.41) is -0.0346. The van der Waals surface area contributed by atoms with E-state index in [2.05, 4.69) is 0 Å². The van der Waals surface area contributed by atoms with E-state index in [9.17, 15) is 13.6 Å². The number of ketones is 1. The van der Waals surface area contributed by atoms with Crippen molar-refractivity contribution in [3.8, 4) is 0 Å². The third kappa shape index (κ3) is 2.34. The first kappa shape index (κ1) is 13.3. The van der Waals surface area contributed by atoms with Gasteiger partial charge in [0, 0.05) is 11.5 Å². The number of hydrogen-bond donors (Lipinski definition) is 0. The van der Waals surface area contributed by atoms with Crippen LogP contribution in [0.25, 0.3) is 0 Å². The van der Waals surface area contributed by atoms with Crippen molar-refractivity contribution in [2.24, 2.45) is 5.92 Å². The van der Waals surface area contributed by atoms with Crippen LogP contribution in [0.15, 0.2) is 42.5 Å². The molecule has 1 aliphatic carbocycles. The fraction of sp³-hybridized carbons (Fsp3) is 0.188. The summed E-state index contributed by atoms with van der Waals surface area (Å²) < 4.78 is 26.2. The molecule has 0 heterocycles. The first-order valence-corrected chi connectivity index (χ1v) is 6.69. The molecule has 0 aliphatic heterocycles. The van der Waals surface area contributed by atoms with Crippen molar-refractivity contribution in [1.29, 1.82) is 0 Å². The Hall–Kier alpha value is -1.74. The summed E-state index contributed by atoms with van der Waals surface area (Å²) in [6.07, 6.45) is 0.720. The zero-order chi connectivity index (χ0) is 14.3. The Morgan fingerprint density at radius 2 is 1.75 bits per heavy atom. The van der Waals surface area contributed by atoms with Gasteiger partial charge in [0.15, 0.2) is 17.4 Å². The number of hydrogen-bond acceptors (Lipinski definition) is 1. The van der Waals surface area contributed by atoms with Gasteiger partial charge in [0.2, 0.25) is 0 Å². The highest BCUT2D eigenvalue weighted by molar-refractivity contribution is 6.34. The summed E-state index contributed by atoms with van der Waals surface area (Å²) in [5.41, 5.74) is 1.15. The van der Waals surface area contributed by atoms with Crippen molar-refractivity contribution in [2.75, 3.05) is 0 Å². The zero-order valence-corrected chi connectivity index (χ0v) is 11.2. The molecular formula is C16H11ClF2O. The van der Waals surface area contributed by atoms with Crippen molar-refractivity contribution >= 4 is 17.4 Å². The largest absolute Gasteiger partial charge is 0.294 e. The Bertz CT molecular complexity index is 670. The summed E-state index contributed by atoms with van der Waals surface area (Å²) in [7, 11) is 0. The second kappa shape index (κ2) is 4.98. The molecule has 0 spiro atoms. The highest BCUT2D eigenvalue weighted by Gasteiger charge is 2.44. The van der Waals surface area contributed by atoms with Gasteiger partial charge in [0.25, 0.3) is 0 Å². The standard InChI is InChI=1S/C16H11ClF2O/c17-13-8-15(19)14(18)7-12(13)16(20)11-6-10(11)9-4-2-1-3-5-9/h1-5,7-8,10-11H,6H2. The van der Waals surface area contributed by atoms with E-state index in [0.717, 1.165) is 24.1 Å². The van der Waals surface area contributed by atoms with Crippen molar-refractivity contribution in [2.45, 2.75) is 12.3 Å². The molecule has 2 aromatic rings. The molecule has 1 nitrogen and oxygen atoms in total. The summed E-state index contributed by atoms with van der Waals surface area (Å²) in [6, 6.07) is 11.4. The number of Topliss-reactive ketones (excluding diaryl/α,β-unsaturated/α-hetero) is 1. The quantitative estimate of drug-likeness (QED) is 0.596. The maximum Gasteiger partial charge on any atom is 0.168 e. The van der Waals surface area contributed by atoms with Gasteiger partial charge >= 0.3 is 0 Å². The van der Waals surface area contributed by atoms with Gasteiger partial charge in [-0.2, -0.15) is 0 Å². The predicted molar refractivity (Wildman–Crippen MR) is 73.0 cm³/mol. The molecule has 0 aromatic heterocycles. The van der Waals surface area contributed by atoms with Crippen LogP contribution < -0.4 is 0 Å². The van der Waals surface area contributed by atoms with Crippen LogP contribution >= 0.6 is 11.6 Å². The third-order valence-corrected chi connectivity index (χ3v) is 3.94. The fourth-order valence-corrected chi connectivity index (χ4v) is 2.71. The molecule has 2 atom stereocenters. The molecule has 2 unspecified atom stereocenters. The Labute approximate surface area is 120 Å². The van der Waals surface area contributed by atoms with E-state index < -0.39 is 11.6 Å². The van der Waals surface area contributed by atoms with Gasteiger partial charge in [-0.3, -0.25) is 4.79 Å². The van der Waals surface area contributed by atoms with E-state index in [4.69, 9.17) is 11.6 Å². The lowest BCUT2D eigenvalue weighted by atomic mass is 10.0. The van der Waals surface area contributed by atoms with Crippen molar-refractivity contribution in [3.63, 3.8) is 0 Å². The number of halogens is 3. The molecule has 0 amide bonds. The van der Waals surface area contributed by atoms with Gasteiger partial charge in [-0.25, -0.2) is 8.78 Å². The second-order valence-electron chi connectivity index (χ2n) is 4.97. The number of carbonyl (C=O) groups is 1. The smallest absolute Gasteiger partial charge is 0.168 e. The Morgan fingerprint density at radius 1 is 1.10 bits per heavy atom.